The maximum Gasteiger partial charge on any atom is 0.352 e. The van der Waals surface area contributed by atoms with Crippen LogP contribution in [-0.4, -0.2) is 16.1 Å². The van der Waals surface area contributed by atoms with Crippen LogP contribution in [-0.2, 0) is 0 Å². The first-order valence-electron chi connectivity index (χ1n) is 5.87. The van der Waals surface area contributed by atoms with Gasteiger partial charge in [0.15, 0.2) is 0 Å². The van der Waals surface area contributed by atoms with Gasteiger partial charge in [-0.15, -0.1) is 0 Å². The molecule has 20 heavy (non-hydrogen) atoms. The normalized spacial score (nSPS) is 10.9. The van der Waals surface area contributed by atoms with Gasteiger partial charge < -0.3 is 10.1 Å². The lowest BCUT2D eigenvalue weighted by Crippen LogP contribution is -1.99. The molecule has 3 rings (SSSR count). The number of benzene rings is 2. The molecule has 0 fully saturated rings. The summed E-state index contributed by atoms with van der Waals surface area (Å²) in [5, 5.41) is 9.71. The summed E-state index contributed by atoms with van der Waals surface area (Å²) in [6, 6.07) is 9.73. The molecule has 0 unspecified atom stereocenters. The van der Waals surface area contributed by atoms with Crippen molar-refractivity contribution in [2.75, 3.05) is 0 Å². The molecule has 1 aromatic heterocycles. The van der Waals surface area contributed by atoms with E-state index in [0.717, 1.165) is 0 Å². The van der Waals surface area contributed by atoms with Crippen LogP contribution in [0.3, 0.4) is 0 Å². The number of aromatic amines is 1. The fourth-order valence-electron chi connectivity index (χ4n) is 2.27. The van der Waals surface area contributed by atoms with Crippen molar-refractivity contribution < 1.29 is 18.7 Å². The average molecular weight is 273 g/mol. The van der Waals surface area contributed by atoms with Crippen molar-refractivity contribution in [2.45, 2.75) is 0 Å². The van der Waals surface area contributed by atoms with Gasteiger partial charge in [-0.3, -0.25) is 0 Å². The molecule has 5 heteroatoms. The maximum absolute atomic E-state index is 13.9. The molecule has 0 saturated heterocycles. The number of fused-ring (bicyclic) bond motifs is 1. The Morgan fingerprint density at radius 2 is 1.85 bits per heavy atom. The average Bonchev–Trinajstić information content (AvgIpc) is 2.78. The van der Waals surface area contributed by atoms with Gasteiger partial charge in [-0.05, 0) is 24.3 Å². The predicted octanol–water partition coefficient (Wildman–Crippen LogP) is 3.81. The Labute approximate surface area is 112 Å². The summed E-state index contributed by atoms with van der Waals surface area (Å²) in [6.45, 7) is 0. The Bertz CT molecular complexity index is 824. The van der Waals surface area contributed by atoms with Gasteiger partial charge in [-0.2, -0.15) is 0 Å². The van der Waals surface area contributed by atoms with Crippen LogP contribution in [0.5, 0.6) is 0 Å². The lowest BCUT2D eigenvalue weighted by Gasteiger charge is -2.03. The number of carboxylic acid groups (broad SMARTS) is 1. The summed E-state index contributed by atoms with van der Waals surface area (Å²) in [6.07, 6.45) is 0. The second kappa shape index (κ2) is 4.45. The van der Waals surface area contributed by atoms with Crippen molar-refractivity contribution in [1.82, 2.24) is 4.98 Å². The topological polar surface area (TPSA) is 53.1 Å². The van der Waals surface area contributed by atoms with Crippen LogP contribution in [0.4, 0.5) is 8.78 Å². The molecular formula is C15H9F2NO2. The van der Waals surface area contributed by atoms with Gasteiger partial charge in [-0.1, -0.05) is 18.2 Å². The number of hydrogen-bond acceptors (Lipinski definition) is 1. The van der Waals surface area contributed by atoms with Crippen LogP contribution >= 0.6 is 0 Å². The third-order valence-corrected chi connectivity index (χ3v) is 3.12. The number of halogens is 2. The van der Waals surface area contributed by atoms with E-state index in [0.29, 0.717) is 10.9 Å². The largest absolute Gasteiger partial charge is 0.477 e. The van der Waals surface area contributed by atoms with Crippen LogP contribution in [0.25, 0.3) is 22.0 Å². The number of carbonyl (C=O) groups is 1. The number of aromatic carboxylic acids is 1. The van der Waals surface area contributed by atoms with Gasteiger partial charge in [0.05, 0.1) is 0 Å². The fourth-order valence-corrected chi connectivity index (χ4v) is 2.27. The number of carboxylic acids is 1. The van der Waals surface area contributed by atoms with Crippen molar-refractivity contribution in [3.8, 4) is 11.1 Å². The summed E-state index contributed by atoms with van der Waals surface area (Å²) in [5.74, 6) is -2.24. The van der Waals surface area contributed by atoms with Crippen LogP contribution in [0.15, 0.2) is 42.5 Å². The van der Waals surface area contributed by atoms with E-state index in [4.69, 9.17) is 0 Å². The van der Waals surface area contributed by atoms with E-state index >= 15 is 0 Å². The molecule has 1 heterocycles. The molecule has 0 saturated carbocycles. The van der Waals surface area contributed by atoms with Crippen molar-refractivity contribution >= 4 is 16.9 Å². The highest BCUT2D eigenvalue weighted by Gasteiger charge is 2.20. The van der Waals surface area contributed by atoms with E-state index in [2.05, 4.69) is 4.98 Å². The second-order valence-corrected chi connectivity index (χ2v) is 4.35. The molecule has 0 aliphatic rings. The third kappa shape index (κ3) is 1.84. The molecule has 0 amide bonds. The minimum atomic E-state index is -1.22. The molecule has 0 atom stereocenters. The zero-order valence-corrected chi connectivity index (χ0v) is 10.2. The van der Waals surface area contributed by atoms with Crippen LogP contribution in [0.1, 0.15) is 10.5 Å². The predicted molar refractivity (Wildman–Crippen MR) is 70.6 cm³/mol. The van der Waals surface area contributed by atoms with Gasteiger partial charge in [0.1, 0.15) is 17.3 Å². The van der Waals surface area contributed by atoms with Crippen molar-refractivity contribution in [2.24, 2.45) is 0 Å². The van der Waals surface area contributed by atoms with Crippen molar-refractivity contribution in [1.29, 1.82) is 0 Å². The summed E-state index contributed by atoms with van der Waals surface area (Å²) < 4.78 is 27.1. The zero-order valence-electron chi connectivity index (χ0n) is 10.2. The van der Waals surface area contributed by atoms with Gasteiger partial charge in [0.2, 0.25) is 0 Å². The smallest absolute Gasteiger partial charge is 0.352 e. The van der Waals surface area contributed by atoms with Crippen LogP contribution in [0.2, 0.25) is 0 Å². The van der Waals surface area contributed by atoms with E-state index in [1.807, 2.05) is 0 Å². The number of H-pyrrole nitrogens is 1. The fraction of sp³-hybridized carbons (Fsp3) is 0. The van der Waals surface area contributed by atoms with Gasteiger partial charge >= 0.3 is 5.97 Å². The summed E-state index contributed by atoms with van der Waals surface area (Å²) in [5.41, 5.74) is 0.560. The zero-order chi connectivity index (χ0) is 14.3. The quantitative estimate of drug-likeness (QED) is 0.746. The lowest BCUT2D eigenvalue weighted by atomic mass is 10.0. The summed E-state index contributed by atoms with van der Waals surface area (Å²) in [4.78, 5) is 13.9. The molecule has 100 valence electrons. The SMILES string of the molecule is O=C(O)c1[nH]c2cc(F)ccc2c1-c1ccccc1F. The molecule has 0 radical (unpaired) electrons. The molecule has 0 aliphatic heterocycles. The highest BCUT2D eigenvalue weighted by Crippen LogP contribution is 2.34. The Morgan fingerprint density at radius 3 is 2.55 bits per heavy atom. The Kier molecular flexibility index (Phi) is 2.75. The van der Waals surface area contributed by atoms with E-state index in [1.165, 1.54) is 36.4 Å². The molecule has 3 nitrogen and oxygen atoms in total. The summed E-state index contributed by atoms with van der Waals surface area (Å²) >= 11 is 0. The number of rotatable bonds is 2. The molecule has 0 aliphatic carbocycles. The van der Waals surface area contributed by atoms with Crippen molar-refractivity contribution in [3.63, 3.8) is 0 Å². The van der Waals surface area contributed by atoms with Crippen LogP contribution < -0.4 is 0 Å². The Hall–Kier alpha value is -2.69. The first-order valence-corrected chi connectivity index (χ1v) is 5.87. The highest BCUT2D eigenvalue weighted by molar-refractivity contribution is 6.07. The van der Waals surface area contributed by atoms with E-state index in [1.54, 1.807) is 6.07 Å². The minimum absolute atomic E-state index is 0.157. The molecular weight excluding hydrogens is 264 g/mol. The third-order valence-electron chi connectivity index (χ3n) is 3.12. The minimum Gasteiger partial charge on any atom is -0.477 e. The molecule has 3 aromatic rings. The molecule has 0 bridgehead atoms. The Balaban J connectivity index is 2.41. The van der Waals surface area contributed by atoms with E-state index < -0.39 is 17.6 Å². The number of hydrogen-bond donors (Lipinski definition) is 2. The molecule has 2 N–H and O–H groups in total. The standard InChI is InChI=1S/C15H9F2NO2/c16-8-5-6-10-12(7-8)18-14(15(19)20)13(10)9-3-1-2-4-11(9)17/h1-7,18H,(H,19,20). The van der Waals surface area contributed by atoms with Crippen molar-refractivity contribution in [3.05, 3.63) is 59.8 Å². The van der Waals surface area contributed by atoms with Gasteiger partial charge in [0.25, 0.3) is 0 Å². The second-order valence-electron chi connectivity index (χ2n) is 4.35. The molecule has 0 spiro atoms. The van der Waals surface area contributed by atoms with Crippen LogP contribution in [0, 0.1) is 11.6 Å². The molecule has 2 aromatic carbocycles. The summed E-state index contributed by atoms with van der Waals surface area (Å²) in [7, 11) is 0. The van der Waals surface area contributed by atoms with E-state index in [-0.39, 0.29) is 16.8 Å². The number of aromatic nitrogens is 1. The lowest BCUT2D eigenvalue weighted by molar-refractivity contribution is 0.0692. The maximum atomic E-state index is 13.9. The first-order chi connectivity index (χ1) is 9.58. The van der Waals surface area contributed by atoms with E-state index in [9.17, 15) is 18.7 Å². The van der Waals surface area contributed by atoms with Gasteiger partial charge in [0, 0.05) is 22.0 Å². The highest BCUT2D eigenvalue weighted by atomic mass is 19.1. The Morgan fingerprint density at radius 1 is 1.10 bits per heavy atom. The van der Waals surface area contributed by atoms with Gasteiger partial charge in [-0.25, -0.2) is 13.6 Å². The number of nitrogens with one attached hydrogen (secondary N) is 1. The monoisotopic (exact) mass is 273 g/mol. The first kappa shape index (κ1) is 12.3.